The molecule has 0 saturated heterocycles. The fourth-order valence-electron chi connectivity index (χ4n) is 1.57. The minimum atomic E-state index is -0.231. The van der Waals surface area contributed by atoms with Crippen LogP contribution in [0.4, 0.5) is 0 Å². The van der Waals surface area contributed by atoms with Gasteiger partial charge in [0.05, 0.1) is 11.5 Å². The molecule has 0 heterocycles. The van der Waals surface area contributed by atoms with Crippen LogP contribution in [0.5, 0.6) is 0 Å². The average Bonchev–Trinajstić information content (AvgIpc) is 3.07. The molecule has 1 saturated carbocycles. The van der Waals surface area contributed by atoms with E-state index in [9.17, 15) is 4.79 Å². The normalized spacial score (nSPS) is 15.4. The summed E-state index contributed by atoms with van der Waals surface area (Å²) in [5.74, 6) is 0.150. The van der Waals surface area contributed by atoms with E-state index in [0.717, 1.165) is 38.8 Å². The molecule has 0 atom stereocenters. The highest BCUT2D eigenvalue weighted by Crippen LogP contribution is 2.20. The molecule has 4 heteroatoms. The SMILES string of the molecule is CC(C)(C#N)CCCNCCC(=O)NC1CC1. The third-order valence-corrected chi connectivity index (χ3v) is 2.93. The van der Waals surface area contributed by atoms with E-state index in [2.05, 4.69) is 16.7 Å². The number of hydrogen-bond donors (Lipinski definition) is 2. The number of hydrogen-bond acceptors (Lipinski definition) is 3. The average molecular weight is 237 g/mol. The van der Waals surface area contributed by atoms with Crippen molar-refractivity contribution in [3.8, 4) is 6.07 Å². The Bertz CT molecular complexity index is 290. The number of carbonyl (C=O) groups excluding carboxylic acids is 1. The van der Waals surface area contributed by atoms with Gasteiger partial charge >= 0.3 is 0 Å². The number of carbonyl (C=O) groups is 1. The molecule has 0 aromatic heterocycles. The molecule has 1 rings (SSSR count). The summed E-state index contributed by atoms with van der Waals surface area (Å²) in [7, 11) is 0. The van der Waals surface area contributed by atoms with Gasteiger partial charge in [-0.2, -0.15) is 5.26 Å². The van der Waals surface area contributed by atoms with E-state index in [1.807, 2.05) is 13.8 Å². The minimum absolute atomic E-state index is 0.150. The second-order valence-electron chi connectivity index (χ2n) is 5.44. The van der Waals surface area contributed by atoms with Crippen LogP contribution < -0.4 is 10.6 Å². The van der Waals surface area contributed by atoms with Crippen LogP contribution in [0.3, 0.4) is 0 Å². The molecule has 2 N–H and O–H groups in total. The van der Waals surface area contributed by atoms with Gasteiger partial charge in [0.15, 0.2) is 0 Å². The Kier molecular flexibility index (Phi) is 5.43. The monoisotopic (exact) mass is 237 g/mol. The van der Waals surface area contributed by atoms with Crippen molar-refractivity contribution >= 4 is 5.91 Å². The lowest BCUT2D eigenvalue weighted by Gasteiger charge is -2.14. The molecular weight excluding hydrogens is 214 g/mol. The molecule has 0 aromatic rings. The zero-order chi connectivity index (χ0) is 12.7. The zero-order valence-corrected chi connectivity index (χ0v) is 10.9. The Morgan fingerprint density at radius 1 is 1.41 bits per heavy atom. The highest BCUT2D eigenvalue weighted by Gasteiger charge is 2.22. The smallest absolute Gasteiger partial charge is 0.221 e. The van der Waals surface area contributed by atoms with Gasteiger partial charge in [-0.25, -0.2) is 0 Å². The quantitative estimate of drug-likeness (QED) is 0.630. The Morgan fingerprint density at radius 2 is 2.12 bits per heavy atom. The van der Waals surface area contributed by atoms with E-state index in [4.69, 9.17) is 5.26 Å². The van der Waals surface area contributed by atoms with E-state index < -0.39 is 0 Å². The summed E-state index contributed by atoms with van der Waals surface area (Å²) >= 11 is 0. The maximum Gasteiger partial charge on any atom is 0.221 e. The second kappa shape index (κ2) is 6.61. The van der Waals surface area contributed by atoms with E-state index >= 15 is 0 Å². The summed E-state index contributed by atoms with van der Waals surface area (Å²) in [5, 5.41) is 15.0. The third kappa shape index (κ3) is 6.96. The molecule has 0 aliphatic heterocycles. The van der Waals surface area contributed by atoms with Crippen LogP contribution in [0, 0.1) is 16.7 Å². The maximum atomic E-state index is 11.3. The lowest BCUT2D eigenvalue weighted by Crippen LogP contribution is -2.29. The van der Waals surface area contributed by atoms with Crippen molar-refractivity contribution in [3.05, 3.63) is 0 Å². The van der Waals surface area contributed by atoms with Crippen LogP contribution in [0.25, 0.3) is 0 Å². The predicted octanol–water partition coefficient (Wildman–Crippen LogP) is 1.57. The summed E-state index contributed by atoms with van der Waals surface area (Å²) in [6.07, 6.45) is 4.71. The molecule has 4 nitrogen and oxygen atoms in total. The molecule has 96 valence electrons. The molecule has 0 radical (unpaired) electrons. The van der Waals surface area contributed by atoms with E-state index in [1.54, 1.807) is 0 Å². The number of amides is 1. The molecule has 0 spiro atoms. The largest absolute Gasteiger partial charge is 0.353 e. The van der Waals surface area contributed by atoms with Gasteiger partial charge in [0.2, 0.25) is 5.91 Å². The van der Waals surface area contributed by atoms with Crippen molar-refractivity contribution in [2.75, 3.05) is 13.1 Å². The first kappa shape index (κ1) is 14.0. The first-order valence-corrected chi connectivity index (χ1v) is 6.45. The molecule has 0 bridgehead atoms. The first-order valence-electron chi connectivity index (χ1n) is 6.45. The van der Waals surface area contributed by atoms with Crippen LogP contribution >= 0.6 is 0 Å². The summed E-state index contributed by atoms with van der Waals surface area (Å²) in [6, 6.07) is 2.74. The van der Waals surface area contributed by atoms with E-state index in [1.165, 1.54) is 0 Å². The Labute approximate surface area is 104 Å². The van der Waals surface area contributed by atoms with Gasteiger partial charge in [0, 0.05) is 19.0 Å². The minimum Gasteiger partial charge on any atom is -0.353 e. The summed E-state index contributed by atoms with van der Waals surface area (Å²) < 4.78 is 0. The molecule has 1 amide bonds. The van der Waals surface area contributed by atoms with Crippen molar-refractivity contribution in [3.63, 3.8) is 0 Å². The molecule has 1 aliphatic carbocycles. The number of rotatable bonds is 8. The number of nitriles is 1. The van der Waals surface area contributed by atoms with Gasteiger partial charge in [-0.3, -0.25) is 4.79 Å². The van der Waals surface area contributed by atoms with Crippen LogP contribution in [0.15, 0.2) is 0 Å². The lowest BCUT2D eigenvalue weighted by molar-refractivity contribution is -0.121. The van der Waals surface area contributed by atoms with Crippen molar-refractivity contribution in [1.82, 2.24) is 10.6 Å². The predicted molar refractivity (Wildman–Crippen MR) is 67.3 cm³/mol. The second-order valence-corrected chi connectivity index (χ2v) is 5.44. The highest BCUT2D eigenvalue weighted by atomic mass is 16.1. The molecule has 0 unspecified atom stereocenters. The topological polar surface area (TPSA) is 64.9 Å². The van der Waals surface area contributed by atoms with Crippen molar-refractivity contribution < 1.29 is 4.79 Å². The van der Waals surface area contributed by atoms with Crippen molar-refractivity contribution in [1.29, 1.82) is 5.26 Å². The fraction of sp³-hybridized carbons (Fsp3) is 0.846. The maximum absolute atomic E-state index is 11.3. The third-order valence-electron chi connectivity index (χ3n) is 2.93. The Morgan fingerprint density at radius 3 is 2.71 bits per heavy atom. The van der Waals surface area contributed by atoms with Gasteiger partial charge in [-0.15, -0.1) is 0 Å². The zero-order valence-electron chi connectivity index (χ0n) is 10.9. The van der Waals surface area contributed by atoms with Crippen molar-refractivity contribution in [2.45, 2.75) is 52.0 Å². The van der Waals surface area contributed by atoms with E-state index in [-0.39, 0.29) is 11.3 Å². The van der Waals surface area contributed by atoms with Gasteiger partial charge in [0.25, 0.3) is 0 Å². The van der Waals surface area contributed by atoms with Crippen LogP contribution in [-0.2, 0) is 4.79 Å². The number of nitrogens with one attached hydrogen (secondary N) is 2. The molecule has 1 fully saturated rings. The van der Waals surface area contributed by atoms with Crippen LogP contribution in [0.2, 0.25) is 0 Å². The van der Waals surface area contributed by atoms with E-state index in [0.29, 0.717) is 12.5 Å². The van der Waals surface area contributed by atoms with Crippen LogP contribution in [0.1, 0.15) is 46.0 Å². The van der Waals surface area contributed by atoms with Gasteiger partial charge in [0.1, 0.15) is 0 Å². The van der Waals surface area contributed by atoms with Gasteiger partial charge in [-0.05, 0) is 46.1 Å². The van der Waals surface area contributed by atoms with Gasteiger partial charge in [-0.1, -0.05) is 0 Å². The van der Waals surface area contributed by atoms with Crippen molar-refractivity contribution in [2.24, 2.45) is 5.41 Å². The Hall–Kier alpha value is -1.08. The Balaban J connectivity index is 1.90. The van der Waals surface area contributed by atoms with Gasteiger partial charge < -0.3 is 10.6 Å². The summed E-state index contributed by atoms with van der Waals surface area (Å²) in [4.78, 5) is 11.3. The molecular formula is C13H23N3O. The molecule has 0 aromatic carbocycles. The summed E-state index contributed by atoms with van der Waals surface area (Å²) in [5.41, 5.74) is -0.231. The standard InChI is InChI=1S/C13H23N3O/c1-13(2,10-14)7-3-8-15-9-6-12(17)16-11-4-5-11/h11,15H,3-9H2,1-2H3,(H,16,17). The molecule has 17 heavy (non-hydrogen) atoms. The lowest BCUT2D eigenvalue weighted by atomic mass is 9.90. The molecule has 1 aliphatic rings. The highest BCUT2D eigenvalue weighted by molar-refractivity contribution is 5.76. The number of nitrogens with zero attached hydrogens (tertiary/aromatic N) is 1. The first-order chi connectivity index (χ1) is 8.03. The van der Waals surface area contributed by atoms with Crippen LogP contribution in [-0.4, -0.2) is 25.0 Å². The fourth-order valence-corrected chi connectivity index (χ4v) is 1.57. The summed E-state index contributed by atoms with van der Waals surface area (Å²) in [6.45, 7) is 5.51.